The van der Waals surface area contributed by atoms with Crippen LogP contribution in [0.15, 0.2) is 48.7 Å². The smallest absolute Gasteiger partial charge is 0.160 e. The average Bonchev–Trinajstić information content (AvgIpc) is 2.90. The number of benzene rings is 2. The fraction of sp³-hybridized carbons (Fsp3) is 0. The number of nitrogens with zero attached hydrogens (tertiary/aromatic N) is 2. The number of pyridine rings is 1. The molecule has 0 aliphatic rings. The number of fused-ring (bicyclic) bond motifs is 2. The van der Waals surface area contributed by atoms with Gasteiger partial charge in [0.15, 0.2) is 5.82 Å². The van der Waals surface area contributed by atoms with Crippen LogP contribution in [0.1, 0.15) is 0 Å². The van der Waals surface area contributed by atoms with Gasteiger partial charge in [0.05, 0.1) is 16.7 Å². The lowest BCUT2D eigenvalue weighted by atomic mass is 10.2. The van der Waals surface area contributed by atoms with E-state index in [-0.39, 0.29) is 5.82 Å². The van der Waals surface area contributed by atoms with E-state index in [4.69, 9.17) is 0 Å². The second kappa shape index (κ2) is 5.20. The van der Waals surface area contributed by atoms with E-state index in [0.717, 1.165) is 31.1 Å². The van der Waals surface area contributed by atoms with Crippen LogP contribution in [0.4, 0.5) is 15.9 Å². The number of rotatable bonds is 2. The predicted octanol–water partition coefficient (Wildman–Crippen LogP) is 4.60. The Morgan fingerprint density at radius 2 is 1.95 bits per heavy atom. The zero-order valence-electron chi connectivity index (χ0n) is 11.3. The van der Waals surface area contributed by atoms with Crippen molar-refractivity contribution in [2.24, 2.45) is 0 Å². The third-order valence-corrected chi connectivity index (χ3v) is 4.15. The minimum atomic E-state index is -0.286. The Labute approximate surface area is 138 Å². The van der Waals surface area contributed by atoms with E-state index < -0.39 is 0 Å². The number of nitrogens with one attached hydrogen (secondary N) is 2. The van der Waals surface area contributed by atoms with Crippen molar-refractivity contribution in [3.05, 3.63) is 58.0 Å². The van der Waals surface area contributed by atoms with Crippen LogP contribution >= 0.6 is 22.6 Å². The predicted molar refractivity (Wildman–Crippen MR) is 93.8 cm³/mol. The number of hydrogen-bond donors (Lipinski definition) is 2. The van der Waals surface area contributed by atoms with Gasteiger partial charge in [0.25, 0.3) is 0 Å². The normalized spacial score (nSPS) is 11.2. The van der Waals surface area contributed by atoms with Crippen LogP contribution in [0.3, 0.4) is 0 Å². The molecule has 4 aromatic rings. The Bertz CT molecular complexity index is 996. The Hall–Kier alpha value is -2.22. The van der Waals surface area contributed by atoms with E-state index in [1.54, 1.807) is 12.3 Å². The Morgan fingerprint density at radius 3 is 2.86 bits per heavy atom. The molecule has 2 N–H and O–H groups in total. The van der Waals surface area contributed by atoms with Gasteiger partial charge in [-0.25, -0.2) is 4.39 Å². The molecule has 0 saturated carbocycles. The van der Waals surface area contributed by atoms with E-state index in [1.807, 2.05) is 18.2 Å². The van der Waals surface area contributed by atoms with Crippen molar-refractivity contribution in [1.29, 1.82) is 0 Å². The summed E-state index contributed by atoms with van der Waals surface area (Å²) in [5.74, 6) is 0.312. The summed E-state index contributed by atoms with van der Waals surface area (Å²) in [6.45, 7) is 0. The SMILES string of the molecule is Fc1ccc2[nH]nc(Nc3ccnc4ccc(I)cc34)c2c1. The van der Waals surface area contributed by atoms with Crippen LogP contribution in [-0.2, 0) is 0 Å². The molecule has 0 unspecified atom stereocenters. The second-order valence-corrected chi connectivity index (χ2v) is 6.15. The standard InChI is InChI=1S/C16H10FIN4/c17-9-1-3-15-12(7-9)16(22-21-15)20-14-5-6-19-13-4-2-10(18)8-11(13)14/h1-8H,(H2,19,20,21,22). The molecule has 6 heteroatoms. The summed E-state index contributed by atoms with van der Waals surface area (Å²) in [5, 5.41) is 12.1. The molecule has 0 saturated heterocycles. The number of aromatic amines is 1. The van der Waals surface area contributed by atoms with E-state index in [9.17, 15) is 4.39 Å². The molecule has 0 fully saturated rings. The lowest BCUT2D eigenvalue weighted by molar-refractivity contribution is 0.630. The van der Waals surface area contributed by atoms with Gasteiger partial charge in [-0.05, 0) is 65.1 Å². The Morgan fingerprint density at radius 1 is 1.05 bits per heavy atom. The Balaban J connectivity index is 1.86. The first-order valence-corrected chi connectivity index (χ1v) is 7.73. The van der Waals surface area contributed by atoms with Crippen molar-refractivity contribution in [2.75, 3.05) is 5.32 Å². The molecule has 22 heavy (non-hydrogen) atoms. The first kappa shape index (κ1) is 13.4. The van der Waals surface area contributed by atoms with Crippen molar-refractivity contribution in [1.82, 2.24) is 15.2 Å². The maximum Gasteiger partial charge on any atom is 0.160 e. The van der Waals surface area contributed by atoms with Gasteiger partial charge in [-0.3, -0.25) is 10.1 Å². The highest BCUT2D eigenvalue weighted by molar-refractivity contribution is 14.1. The minimum absolute atomic E-state index is 0.286. The summed E-state index contributed by atoms with van der Waals surface area (Å²) in [6.07, 6.45) is 1.74. The molecule has 0 aliphatic carbocycles. The van der Waals surface area contributed by atoms with Gasteiger partial charge in [-0.2, -0.15) is 5.10 Å². The highest BCUT2D eigenvalue weighted by atomic mass is 127. The number of halogens is 2. The van der Waals surface area contributed by atoms with Gasteiger partial charge in [0.2, 0.25) is 0 Å². The Kier molecular flexibility index (Phi) is 3.18. The van der Waals surface area contributed by atoms with Crippen LogP contribution in [-0.4, -0.2) is 15.2 Å². The number of anilines is 2. The highest BCUT2D eigenvalue weighted by Crippen LogP contribution is 2.29. The fourth-order valence-corrected chi connectivity index (χ4v) is 2.93. The minimum Gasteiger partial charge on any atom is -0.338 e. The first-order chi connectivity index (χ1) is 10.7. The van der Waals surface area contributed by atoms with Crippen molar-refractivity contribution < 1.29 is 4.39 Å². The molecule has 2 aromatic heterocycles. The maximum atomic E-state index is 13.5. The van der Waals surface area contributed by atoms with Crippen LogP contribution in [0.25, 0.3) is 21.8 Å². The molecule has 0 atom stereocenters. The summed E-state index contributed by atoms with van der Waals surface area (Å²) in [6, 6.07) is 12.5. The maximum absolute atomic E-state index is 13.5. The molecule has 2 aromatic carbocycles. The molecule has 0 radical (unpaired) electrons. The van der Waals surface area contributed by atoms with Gasteiger partial charge in [-0.15, -0.1) is 0 Å². The molecule has 108 valence electrons. The van der Waals surface area contributed by atoms with Gasteiger partial charge in [-0.1, -0.05) is 0 Å². The van der Waals surface area contributed by atoms with Crippen LogP contribution < -0.4 is 5.32 Å². The van der Waals surface area contributed by atoms with E-state index in [2.05, 4.69) is 49.2 Å². The molecular weight excluding hydrogens is 394 g/mol. The van der Waals surface area contributed by atoms with Gasteiger partial charge in [0.1, 0.15) is 5.82 Å². The molecule has 0 amide bonds. The average molecular weight is 404 g/mol. The topological polar surface area (TPSA) is 53.6 Å². The summed E-state index contributed by atoms with van der Waals surface area (Å²) in [5.41, 5.74) is 2.58. The summed E-state index contributed by atoms with van der Waals surface area (Å²) < 4.78 is 14.6. The summed E-state index contributed by atoms with van der Waals surface area (Å²) in [7, 11) is 0. The van der Waals surface area contributed by atoms with Crippen LogP contribution in [0, 0.1) is 9.39 Å². The third kappa shape index (κ3) is 2.29. The summed E-state index contributed by atoms with van der Waals surface area (Å²) >= 11 is 2.27. The molecule has 0 bridgehead atoms. The van der Waals surface area contributed by atoms with E-state index >= 15 is 0 Å². The number of H-pyrrole nitrogens is 1. The molecule has 0 spiro atoms. The van der Waals surface area contributed by atoms with Crippen molar-refractivity contribution in [3.8, 4) is 0 Å². The quantitative estimate of drug-likeness (QED) is 0.481. The third-order valence-electron chi connectivity index (χ3n) is 3.48. The zero-order valence-corrected chi connectivity index (χ0v) is 13.4. The number of hydrogen-bond acceptors (Lipinski definition) is 3. The zero-order chi connectivity index (χ0) is 15.1. The lowest BCUT2D eigenvalue weighted by Crippen LogP contribution is -1.94. The molecular formula is C16H10FIN4. The second-order valence-electron chi connectivity index (χ2n) is 4.91. The van der Waals surface area contributed by atoms with E-state index in [0.29, 0.717) is 5.82 Å². The lowest BCUT2D eigenvalue weighted by Gasteiger charge is -2.08. The summed E-state index contributed by atoms with van der Waals surface area (Å²) in [4.78, 5) is 4.36. The van der Waals surface area contributed by atoms with Gasteiger partial charge >= 0.3 is 0 Å². The monoisotopic (exact) mass is 404 g/mol. The molecule has 4 nitrogen and oxygen atoms in total. The van der Waals surface area contributed by atoms with Crippen LogP contribution in [0.2, 0.25) is 0 Å². The van der Waals surface area contributed by atoms with Crippen molar-refractivity contribution in [3.63, 3.8) is 0 Å². The first-order valence-electron chi connectivity index (χ1n) is 6.66. The number of aromatic nitrogens is 3. The molecule has 4 rings (SSSR count). The largest absolute Gasteiger partial charge is 0.338 e. The highest BCUT2D eigenvalue weighted by Gasteiger charge is 2.09. The van der Waals surface area contributed by atoms with Gasteiger partial charge < -0.3 is 5.32 Å². The fourth-order valence-electron chi connectivity index (χ4n) is 2.44. The van der Waals surface area contributed by atoms with Crippen molar-refractivity contribution in [2.45, 2.75) is 0 Å². The van der Waals surface area contributed by atoms with E-state index in [1.165, 1.54) is 12.1 Å². The molecule has 0 aliphatic heterocycles. The van der Waals surface area contributed by atoms with Crippen molar-refractivity contribution >= 4 is 55.9 Å². The molecule has 2 heterocycles. The van der Waals surface area contributed by atoms with Crippen LogP contribution in [0.5, 0.6) is 0 Å². The van der Waals surface area contributed by atoms with Gasteiger partial charge in [0, 0.05) is 20.5 Å².